The van der Waals surface area contributed by atoms with Crippen LogP contribution < -0.4 is 5.32 Å². The highest BCUT2D eigenvalue weighted by Crippen LogP contribution is 2.34. The third kappa shape index (κ3) is 2.95. The fourth-order valence-corrected chi connectivity index (χ4v) is 2.67. The van der Waals surface area contributed by atoms with E-state index >= 15 is 0 Å². The van der Waals surface area contributed by atoms with Gasteiger partial charge in [-0.3, -0.25) is 9.78 Å². The van der Waals surface area contributed by atoms with Gasteiger partial charge in [0.1, 0.15) is 11.2 Å². The molecule has 0 unspecified atom stereocenters. The Morgan fingerprint density at radius 1 is 1.40 bits per heavy atom. The van der Waals surface area contributed by atoms with E-state index in [0.717, 1.165) is 19.3 Å². The molecule has 6 heteroatoms. The van der Waals surface area contributed by atoms with E-state index in [9.17, 15) is 14.7 Å². The highest BCUT2D eigenvalue weighted by atomic mass is 16.4. The second-order valence-electron chi connectivity index (χ2n) is 5.28. The van der Waals surface area contributed by atoms with Gasteiger partial charge in [-0.25, -0.2) is 9.78 Å². The van der Waals surface area contributed by atoms with Gasteiger partial charge >= 0.3 is 5.97 Å². The third-order valence-corrected chi connectivity index (χ3v) is 4.09. The Balaban J connectivity index is 2.11. The summed E-state index contributed by atoms with van der Waals surface area (Å²) in [5, 5.41) is 12.1. The first-order valence-electron chi connectivity index (χ1n) is 6.89. The predicted octanol–water partition coefficient (Wildman–Crippen LogP) is 1.63. The van der Waals surface area contributed by atoms with Crippen LogP contribution in [0.4, 0.5) is 0 Å². The normalized spacial score (nSPS) is 25.9. The van der Waals surface area contributed by atoms with Crippen LogP contribution >= 0.6 is 0 Å². The van der Waals surface area contributed by atoms with Gasteiger partial charge in [0, 0.05) is 12.4 Å². The SMILES string of the molecule is CCC1CCC(NC(=O)c2cnccn2)(C(=O)O)CC1. The molecule has 0 aliphatic heterocycles. The molecular weight excluding hydrogens is 258 g/mol. The summed E-state index contributed by atoms with van der Waals surface area (Å²) < 4.78 is 0. The number of aliphatic carboxylic acids is 1. The monoisotopic (exact) mass is 277 g/mol. The van der Waals surface area contributed by atoms with Gasteiger partial charge in [-0.1, -0.05) is 13.3 Å². The predicted molar refractivity (Wildman–Crippen MR) is 72.1 cm³/mol. The Morgan fingerprint density at radius 2 is 2.10 bits per heavy atom. The zero-order valence-corrected chi connectivity index (χ0v) is 11.5. The fraction of sp³-hybridized carbons (Fsp3) is 0.571. The van der Waals surface area contributed by atoms with Crippen LogP contribution in [0.1, 0.15) is 49.5 Å². The van der Waals surface area contributed by atoms with E-state index in [2.05, 4.69) is 22.2 Å². The first-order chi connectivity index (χ1) is 9.57. The molecule has 1 fully saturated rings. The molecule has 0 spiro atoms. The molecule has 1 aromatic heterocycles. The molecule has 0 radical (unpaired) electrons. The summed E-state index contributed by atoms with van der Waals surface area (Å²) in [5.74, 6) is -0.893. The van der Waals surface area contributed by atoms with E-state index in [1.54, 1.807) is 0 Å². The lowest BCUT2D eigenvalue weighted by atomic mass is 9.75. The third-order valence-electron chi connectivity index (χ3n) is 4.09. The van der Waals surface area contributed by atoms with Crippen LogP contribution in [-0.2, 0) is 4.79 Å². The summed E-state index contributed by atoms with van der Waals surface area (Å²) >= 11 is 0. The Kier molecular flexibility index (Phi) is 4.32. The maximum atomic E-state index is 12.1. The molecule has 1 aliphatic rings. The van der Waals surface area contributed by atoms with Crippen LogP contribution in [0.2, 0.25) is 0 Å². The van der Waals surface area contributed by atoms with Crippen molar-refractivity contribution in [1.29, 1.82) is 0 Å². The molecule has 0 atom stereocenters. The summed E-state index contributed by atoms with van der Waals surface area (Å²) in [4.78, 5) is 31.4. The van der Waals surface area contributed by atoms with Gasteiger partial charge in [-0.05, 0) is 31.6 Å². The molecule has 0 bridgehead atoms. The molecular formula is C14H19N3O3. The maximum Gasteiger partial charge on any atom is 0.329 e. The number of hydrogen-bond acceptors (Lipinski definition) is 4. The van der Waals surface area contributed by atoms with E-state index < -0.39 is 17.4 Å². The van der Waals surface area contributed by atoms with Crippen molar-refractivity contribution in [3.63, 3.8) is 0 Å². The van der Waals surface area contributed by atoms with Gasteiger partial charge in [-0.2, -0.15) is 0 Å². The minimum Gasteiger partial charge on any atom is -0.480 e. The number of nitrogens with zero attached hydrogens (tertiary/aromatic N) is 2. The summed E-state index contributed by atoms with van der Waals surface area (Å²) in [6.45, 7) is 2.11. The van der Waals surface area contributed by atoms with Crippen molar-refractivity contribution < 1.29 is 14.7 Å². The maximum absolute atomic E-state index is 12.1. The summed E-state index contributed by atoms with van der Waals surface area (Å²) in [7, 11) is 0. The number of nitrogens with one attached hydrogen (secondary N) is 1. The summed E-state index contributed by atoms with van der Waals surface area (Å²) in [6.07, 6.45) is 7.84. The smallest absolute Gasteiger partial charge is 0.329 e. The molecule has 20 heavy (non-hydrogen) atoms. The van der Waals surface area contributed by atoms with Crippen LogP contribution in [0.15, 0.2) is 18.6 Å². The standard InChI is InChI=1S/C14H19N3O3/c1-2-10-3-5-14(6-4-10,13(19)20)17-12(18)11-9-15-7-8-16-11/h7-10H,2-6H2,1H3,(H,17,18)(H,19,20). The topological polar surface area (TPSA) is 92.2 Å². The van der Waals surface area contributed by atoms with Gasteiger partial charge in [-0.15, -0.1) is 0 Å². The van der Waals surface area contributed by atoms with Gasteiger partial charge in [0.25, 0.3) is 5.91 Å². The Labute approximate surface area is 117 Å². The number of carbonyl (C=O) groups is 2. The van der Waals surface area contributed by atoms with Crippen molar-refractivity contribution >= 4 is 11.9 Å². The molecule has 2 rings (SSSR count). The van der Waals surface area contributed by atoms with Crippen LogP contribution in [0, 0.1) is 5.92 Å². The van der Waals surface area contributed by atoms with E-state index in [1.165, 1.54) is 18.6 Å². The zero-order chi connectivity index (χ0) is 14.6. The van der Waals surface area contributed by atoms with Gasteiger partial charge in [0.2, 0.25) is 0 Å². The van der Waals surface area contributed by atoms with E-state index in [-0.39, 0.29) is 5.69 Å². The number of carbonyl (C=O) groups excluding carboxylic acids is 1. The number of aromatic nitrogens is 2. The number of carboxylic acid groups (broad SMARTS) is 1. The first kappa shape index (κ1) is 14.4. The van der Waals surface area contributed by atoms with Crippen molar-refractivity contribution in [3.05, 3.63) is 24.3 Å². The summed E-state index contributed by atoms with van der Waals surface area (Å²) in [6, 6.07) is 0. The van der Waals surface area contributed by atoms with Crippen molar-refractivity contribution in [2.45, 2.75) is 44.6 Å². The lowest BCUT2D eigenvalue weighted by molar-refractivity contribution is -0.146. The van der Waals surface area contributed by atoms with Crippen LogP contribution in [0.5, 0.6) is 0 Å². The van der Waals surface area contributed by atoms with Gasteiger partial charge in [0.15, 0.2) is 0 Å². The van der Waals surface area contributed by atoms with Crippen LogP contribution in [0.25, 0.3) is 0 Å². The molecule has 1 amide bonds. The first-order valence-corrected chi connectivity index (χ1v) is 6.89. The Bertz CT molecular complexity index is 482. The average Bonchev–Trinajstić information content (AvgIpc) is 2.48. The van der Waals surface area contributed by atoms with Crippen LogP contribution in [0.3, 0.4) is 0 Å². The zero-order valence-electron chi connectivity index (χ0n) is 11.5. The lowest BCUT2D eigenvalue weighted by Gasteiger charge is -2.37. The largest absolute Gasteiger partial charge is 0.480 e. The van der Waals surface area contributed by atoms with Crippen molar-refractivity contribution in [3.8, 4) is 0 Å². The summed E-state index contributed by atoms with van der Waals surface area (Å²) in [5.41, 5.74) is -1.02. The molecule has 108 valence electrons. The second-order valence-corrected chi connectivity index (χ2v) is 5.28. The highest BCUT2D eigenvalue weighted by molar-refractivity contribution is 5.96. The molecule has 6 nitrogen and oxygen atoms in total. The molecule has 1 saturated carbocycles. The van der Waals surface area contributed by atoms with E-state index in [4.69, 9.17) is 0 Å². The van der Waals surface area contributed by atoms with Crippen molar-refractivity contribution in [1.82, 2.24) is 15.3 Å². The molecule has 2 N–H and O–H groups in total. The number of hydrogen-bond donors (Lipinski definition) is 2. The minimum absolute atomic E-state index is 0.144. The average molecular weight is 277 g/mol. The molecule has 1 aliphatic carbocycles. The minimum atomic E-state index is -1.17. The fourth-order valence-electron chi connectivity index (χ4n) is 2.67. The molecule has 0 aromatic carbocycles. The van der Waals surface area contributed by atoms with Crippen molar-refractivity contribution in [2.75, 3.05) is 0 Å². The quantitative estimate of drug-likeness (QED) is 0.872. The Hall–Kier alpha value is -1.98. The van der Waals surface area contributed by atoms with Crippen molar-refractivity contribution in [2.24, 2.45) is 5.92 Å². The van der Waals surface area contributed by atoms with Gasteiger partial charge < -0.3 is 10.4 Å². The Morgan fingerprint density at radius 3 is 2.60 bits per heavy atom. The lowest BCUT2D eigenvalue weighted by Crippen LogP contribution is -2.56. The van der Waals surface area contributed by atoms with E-state index in [1.807, 2.05) is 0 Å². The number of amides is 1. The number of rotatable bonds is 4. The molecule has 1 heterocycles. The molecule has 0 saturated heterocycles. The van der Waals surface area contributed by atoms with Crippen LogP contribution in [-0.4, -0.2) is 32.5 Å². The van der Waals surface area contributed by atoms with Gasteiger partial charge in [0.05, 0.1) is 6.20 Å². The molecule has 1 aromatic rings. The highest BCUT2D eigenvalue weighted by Gasteiger charge is 2.43. The van der Waals surface area contributed by atoms with E-state index in [0.29, 0.717) is 18.8 Å². The number of carboxylic acids is 1. The second kappa shape index (κ2) is 5.98.